The zero-order valence-corrected chi connectivity index (χ0v) is 11.3. The maximum absolute atomic E-state index is 10.5. The van der Waals surface area contributed by atoms with E-state index in [0.29, 0.717) is 0 Å². The lowest BCUT2D eigenvalue weighted by molar-refractivity contribution is 0.601. The van der Waals surface area contributed by atoms with Gasteiger partial charge in [-0.3, -0.25) is 0 Å². The Bertz CT molecular complexity index is 801. The molecule has 7 heteroatoms. The van der Waals surface area contributed by atoms with Gasteiger partial charge in [-0.15, -0.1) is 5.10 Å². The van der Waals surface area contributed by atoms with Crippen LogP contribution >= 0.6 is 0 Å². The van der Waals surface area contributed by atoms with E-state index < -0.39 is 10.9 Å². The number of aromatic nitrogens is 3. The molecule has 1 aromatic heterocycles. The molecule has 0 aliphatic carbocycles. The number of nitrogens with one attached hydrogen (secondary N) is 1. The first kappa shape index (κ1) is 12.8. The Morgan fingerprint density at radius 1 is 1.05 bits per heavy atom. The molecule has 0 saturated heterocycles. The van der Waals surface area contributed by atoms with Crippen molar-refractivity contribution in [3.63, 3.8) is 0 Å². The van der Waals surface area contributed by atoms with Crippen molar-refractivity contribution in [1.29, 1.82) is 0 Å². The third-order valence-corrected chi connectivity index (χ3v) is 3.36. The van der Waals surface area contributed by atoms with Crippen LogP contribution in [0.25, 0.3) is 16.7 Å². The van der Waals surface area contributed by atoms with Crippen molar-refractivity contribution in [2.24, 2.45) is 0 Å². The second kappa shape index (κ2) is 5.40. The molecule has 20 heavy (non-hydrogen) atoms. The van der Waals surface area contributed by atoms with Crippen molar-refractivity contribution in [2.45, 2.75) is 6.54 Å². The summed E-state index contributed by atoms with van der Waals surface area (Å²) in [6.07, 6.45) is 0. The van der Waals surface area contributed by atoms with Crippen molar-refractivity contribution in [1.82, 2.24) is 19.7 Å². The van der Waals surface area contributed by atoms with E-state index >= 15 is 0 Å². The zero-order valence-electron chi connectivity index (χ0n) is 10.4. The van der Waals surface area contributed by atoms with Gasteiger partial charge in [0.15, 0.2) is 0 Å². The van der Waals surface area contributed by atoms with Gasteiger partial charge in [-0.1, -0.05) is 29.5 Å². The molecule has 0 amide bonds. The summed E-state index contributed by atoms with van der Waals surface area (Å²) in [4.78, 5) is 0. The summed E-state index contributed by atoms with van der Waals surface area (Å²) in [6, 6.07) is 15.2. The molecule has 0 spiro atoms. The highest BCUT2D eigenvalue weighted by Gasteiger charge is 2.05. The van der Waals surface area contributed by atoms with E-state index in [4.69, 9.17) is 0 Å². The maximum atomic E-state index is 10.5. The number of rotatable bonds is 4. The van der Waals surface area contributed by atoms with Gasteiger partial charge in [0.1, 0.15) is 5.52 Å². The van der Waals surface area contributed by atoms with E-state index in [0.717, 1.165) is 22.3 Å². The minimum atomic E-state index is -2.57. The molecule has 6 nitrogen and oxygen atoms in total. The molecule has 0 aliphatic rings. The van der Waals surface area contributed by atoms with Gasteiger partial charge in [0.25, 0.3) is 0 Å². The average molecular weight is 288 g/mol. The first-order chi connectivity index (χ1) is 9.74. The Hall–Kier alpha value is -2.25. The summed E-state index contributed by atoms with van der Waals surface area (Å²) in [5.41, 5.74) is 3.54. The first-order valence-corrected chi connectivity index (χ1v) is 7.19. The van der Waals surface area contributed by atoms with Crippen LogP contribution in [0.2, 0.25) is 0 Å². The molecule has 0 atom stereocenters. The molecule has 0 unspecified atom stereocenters. The lowest BCUT2D eigenvalue weighted by atomic mass is 10.2. The van der Waals surface area contributed by atoms with Crippen LogP contribution in [0, 0.1) is 0 Å². The van der Waals surface area contributed by atoms with Gasteiger partial charge >= 0.3 is 0 Å². The number of hydrogen-bond acceptors (Lipinski definition) is 4. The molecular weight excluding hydrogens is 276 g/mol. The molecular formula is C13H12N4O2S. The van der Waals surface area contributed by atoms with E-state index in [9.17, 15) is 8.42 Å². The quantitative estimate of drug-likeness (QED) is 0.703. The van der Waals surface area contributed by atoms with Crippen LogP contribution in [0.1, 0.15) is 5.56 Å². The first-order valence-electron chi connectivity index (χ1n) is 6.02. The number of fused-ring (bicyclic) bond motifs is 1. The fraction of sp³-hybridized carbons (Fsp3) is 0.0769. The lowest BCUT2D eigenvalue weighted by Gasteiger charge is -2.04. The van der Waals surface area contributed by atoms with Gasteiger partial charge in [-0.05, 0) is 29.8 Å². The number of nitrogens with zero attached hydrogens (tertiary/aromatic N) is 3. The highest BCUT2D eigenvalue weighted by Crippen LogP contribution is 2.16. The monoisotopic (exact) mass is 288 g/mol. The van der Waals surface area contributed by atoms with Gasteiger partial charge < -0.3 is 0 Å². The average Bonchev–Trinajstić information content (AvgIpc) is 2.89. The summed E-state index contributed by atoms with van der Waals surface area (Å²) >= 11 is 0. The Balaban J connectivity index is 1.91. The molecule has 0 saturated carbocycles. The molecule has 1 N–H and O–H groups in total. The van der Waals surface area contributed by atoms with Gasteiger partial charge in [0.05, 0.1) is 11.2 Å². The van der Waals surface area contributed by atoms with Crippen LogP contribution in [-0.4, -0.2) is 23.4 Å². The Labute approximate surface area is 117 Å². The van der Waals surface area contributed by atoms with Crippen LogP contribution < -0.4 is 4.72 Å². The summed E-state index contributed by atoms with van der Waals surface area (Å²) < 4.78 is 25.1. The number of hydrogen-bond donors (Lipinski definition) is 2. The van der Waals surface area contributed by atoms with Gasteiger partial charge in [0.2, 0.25) is 10.9 Å². The standard InChI is InChI=1S/C13H12N4O2S/c18-20(19)14-9-10-5-7-11(8-6-10)17-13-4-2-1-3-12(13)15-16-17/h1-8,20H,9H2,(H,14,18,19). The topological polar surface area (TPSA) is 76.9 Å². The number of benzene rings is 2. The van der Waals surface area contributed by atoms with E-state index in [2.05, 4.69) is 15.0 Å². The molecule has 102 valence electrons. The van der Waals surface area contributed by atoms with Crippen molar-refractivity contribution in [3.8, 4) is 5.69 Å². The van der Waals surface area contributed by atoms with Crippen molar-refractivity contribution >= 4 is 21.9 Å². The fourth-order valence-electron chi connectivity index (χ4n) is 1.97. The minimum Gasteiger partial charge on any atom is -0.216 e. The van der Waals surface area contributed by atoms with E-state index in [1.165, 1.54) is 0 Å². The molecule has 3 rings (SSSR count). The fourth-order valence-corrected chi connectivity index (χ4v) is 2.28. The number of para-hydroxylation sites is 1. The SMILES string of the molecule is O=[SH](=O)NCc1ccc(-n2nnc3ccccc32)cc1. The van der Waals surface area contributed by atoms with Crippen LogP contribution in [0.4, 0.5) is 0 Å². The van der Waals surface area contributed by atoms with Crippen LogP contribution in [0.3, 0.4) is 0 Å². The molecule has 0 bridgehead atoms. The molecule has 0 fully saturated rings. The van der Waals surface area contributed by atoms with Gasteiger partial charge in [0, 0.05) is 6.54 Å². The minimum absolute atomic E-state index is 0.289. The number of thiol groups is 1. The molecule has 0 aliphatic heterocycles. The summed E-state index contributed by atoms with van der Waals surface area (Å²) in [5.74, 6) is 0. The Kier molecular flexibility index (Phi) is 3.44. The lowest BCUT2D eigenvalue weighted by Crippen LogP contribution is -2.10. The molecule has 2 aromatic carbocycles. The third-order valence-electron chi connectivity index (χ3n) is 2.95. The molecule has 0 radical (unpaired) electrons. The molecule has 1 heterocycles. The largest absolute Gasteiger partial charge is 0.216 e. The van der Waals surface area contributed by atoms with Crippen LogP contribution in [0.5, 0.6) is 0 Å². The van der Waals surface area contributed by atoms with E-state index in [-0.39, 0.29) is 6.54 Å². The van der Waals surface area contributed by atoms with Crippen molar-refractivity contribution < 1.29 is 8.42 Å². The summed E-state index contributed by atoms with van der Waals surface area (Å²) in [5, 5.41) is 8.22. The normalized spacial score (nSPS) is 11.2. The molecule has 3 aromatic rings. The maximum Gasteiger partial charge on any atom is 0.201 e. The zero-order chi connectivity index (χ0) is 13.9. The highest BCUT2D eigenvalue weighted by atomic mass is 32.2. The Morgan fingerprint density at radius 2 is 1.80 bits per heavy atom. The van der Waals surface area contributed by atoms with Gasteiger partial charge in [-0.2, -0.15) is 0 Å². The third kappa shape index (κ3) is 2.54. The predicted molar refractivity (Wildman–Crippen MR) is 76.0 cm³/mol. The second-order valence-corrected chi connectivity index (χ2v) is 5.08. The Morgan fingerprint density at radius 3 is 2.55 bits per heavy atom. The van der Waals surface area contributed by atoms with Crippen molar-refractivity contribution in [3.05, 3.63) is 54.1 Å². The summed E-state index contributed by atoms with van der Waals surface area (Å²) in [7, 11) is -2.57. The highest BCUT2D eigenvalue weighted by molar-refractivity contribution is 7.70. The van der Waals surface area contributed by atoms with E-state index in [1.54, 1.807) is 4.68 Å². The smallest absolute Gasteiger partial charge is 0.201 e. The van der Waals surface area contributed by atoms with Gasteiger partial charge in [-0.25, -0.2) is 17.8 Å². The van der Waals surface area contributed by atoms with Crippen molar-refractivity contribution in [2.75, 3.05) is 0 Å². The van der Waals surface area contributed by atoms with E-state index in [1.807, 2.05) is 48.5 Å². The van der Waals surface area contributed by atoms with Crippen LogP contribution in [-0.2, 0) is 17.4 Å². The van der Waals surface area contributed by atoms with Crippen LogP contribution in [0.15, 0.2) is 48.5 Å². The summed E-state index contributed by atoms with van der Waals surface area (Å²) in [6.45, 7) is 0.289. The second-order valence-electron chi connectivity index (χ2n) is 4.25. The predicted octanol–water partition coefficient (Wildman–Crippen LogP) is 1.04.